The number of aromatic nitrogens is 1. The number of hydrogen-bond donors (Lipinski definition) is 0. The number of pyridine rings is 1. The average molecular weight is 398 g/mol. The average Bonchev–Trinajstić information content (AvgIpc) is 2.37. The molecule has 0 fully saturated rings. The Morgan fingerprint density at radius 2 is 1.95 bits per heavy atom. The molecule has 0 atom stereocenters. The topological polar surface area (TPSA) is 65.3 Å². The highest BCUT2D eigenvalue weighted by Gasteiger charge is 2.18. The Morgan fingerprint density at radius 3 is 2.60 bits per heavy atom. The van der Waals surface area contributed by atoms with Crippen LogP contribution in [0.4, 0.5) is 5.69 Å². The summed E-state index contributed by atoms with van der Waals surface area (Å²) in [5.74, 6) is 0.189. The van der Waals surface area contributed by atoms with E-state index in [2.05, 4.69) is 20.9 Å². The number of rotatable bonds is 3. The van der Waals surface area contributed by atoms with Gasteiger partial charge in [0.05, 0.1) is 9.95 Å². The summed E-state index contributed by atoms with van der Waals surface area (Å²) in [6, 6.07) is 5.71. The predicted octanol–water partition coefficient (Wildman–Crippen LogP) is 5.50. The fourth-order valence-electron chi connectivity index (χ4n) is 1.32. The fraction of sp³-hybridized carbons (Fsp3) is 0. The summed E-state index contributed by atoms with van der Waals surface area (Å²) in [5.41, 5.74) is -0.140. The van der Waals surface area contributed by atoms with Crippen molar-refractivity contribution in [2.24, 2.45) is 0 Å². The largest absolute Gasteiger partial charge is 0.436 e. The maximum atomic E-state index is 10.8. The Bertz CT molecular complexity index is 697. The van der Waals surface area contributed by atoms with Gasteiger partial charge < -0.3 is 4.74 Å². The van der Waals surface area contributed by atoms with Gasteiger partial charge in [-0.3, -0.25) is 10.1 Å². The van der Waals surface area contributed by atoms with Gasteiger partial charge in [0, 0.05) is 6.07 Å². The summed E-state index contributed by atoms with van der Waals surface area (Å²) in [7, 11) is 0. The summed E-state index contributed by atoms with van der Waals surface area (Å²) in [6.07, 6.45) is 0. The van der Waals surface area contributed by atoms with E-state index < -0.39 is 4.92 Å². The maximum absolute atomic E-state index is 10.8. The highest BCUT2D eigenvalue weighted by Crippen LogP contribution is 2.39. The summed E-state index contributed by atoms with van der Waals surface area (Å²) in [4.78, 5) is 14.2. The Kier molecular flexibility index (Phi) is 4.70. The predicted molar refractivity (Wildman–Crippen MR) is 80.1 cm³/mol. The number of nitro groups is 1. The van der Waals surface area contributed by atoms with Crippen LogP contribution in [-0.2, 0) is 0 Å². The molecule has 1 heterocycles. The van der Waals surface area contributed by atoms with E-state index in [1.807, 2.05) is 0 Å². The molecule has 1 aromatic heterocycles. The molecule has 0 aliphatic carbocycles. The van der Waals surface area contributed by atoms with Gasteiger partial charge in [-0.1, -0.05) is 40.9 Å². The molecule has 1 aromatic carbocycles. The highest BCUT2D eigenvalue weighted by atomic mass is 79.9. The van der Waals surface area contributed by atoms with Crippen LogP contribution in [0.3, 0.4) is 0 Å². The van der Waals surface area contributed by atoms with E-state index in [1.54, 1.807) is 0 Å². The zero-order chi connectivity index (χ0) is 14.9. The van der Waals surface area contributed by atoms with Gasteiger partial charge in [-0.2, -0.15) is 4.98 Å². The first-order valence-corrected chi connectivity index (χ1v) is 6.95. The van der Waals surface area contributed by atoms with Crippen LogP contribution in [0.25, 0.3) is 0 Å². The first kappa shape index (κ1) is 15.3. The molecule has 9 heteroatoms. The van der Waals surface area contributed by atoms with Crippen LogP contribution in [0.15, 0.2) is 28.7 Å². The Balaban J connectivity index is 2.43. The number of benzene rings is 1. The van der Waals surface area contributed by atoms with Crippen molar-refractivity contribution in [1.82, 2.24) is 4.98 Å². The minimum Gasteiger partial charge on any atom is -0.436 e. The van der Waals surface area contributed by atoms with Crippen LogP contribution in [0.5, 0.6) is 11.6 Å². The monoisotopic (exact) mass is 396 g/mol. The summed E-state index contributed by atoms with van der Waals surface area (Å²) < 4.78 is 5.60. The zero-order valence-electron chi connectivity index (χ0n) is 9.44. The first-order valence-electron chi connectivity index (χ1n) is 5.02. The number of nitro benzene ring substituents is 1. The van der Waals surface area contributed by atoms with Gasteiger partial charge in [0.1, 0.15) is 9.50 Å². The molecule has 0 aliphatic rings. The second kappa shape index (κ2) is 6.13. The van der Waals surface area contributed by atoms with Crippen molar-refractivity contribution in [2.45, 2.75) is 0 Å². The fourth-order valence-corrected chi connectivity index (χ4v) is 2.34. The molecule has 0 saturated carbocycles. The molecule has 104 valence electrons. The van der Waals surface area contributed by atoms with E-state index in [-0.39, 0.29) is 37.0 Å². The van der Waals surface area contributed by atoms with Crippen molar-refractivity contribution in [3.05, 3.63) is 54.1 Å². The first-order chi connectivity index (χ1) is 9.40. The SMILES string of the molecule is O=[N+]([O-])c1cccc(Oc2nc(Cl)c(Cl)cc2Cl)c1Br. The van der Waals surface area contributed by atoms with Gasteiger partial charge in [-0.05, 0) is 28.1 Å². The molecule has 2 aromatic rings. The van der Waals surface area contributed by atoms with E-state index in [0.717, 1.165) is 0 Å². The lowest BCUT2D eigenvalue weighted by Gasteiger charge is -2.09. The third-order valence-electron chi connectivity index (χ3n) is 2.20. The van der Waals surface area contributed by atoms with Crippen molar-refractivity contribution in [3.8, 4) is 11.6 Å². The van der Waals surface area contributed by atoms with Crippen molar-refractivity contribution in [2.75, 3.05) is 0 Å². The molecule has 0 radical (unpaired) electrons. The van der Waals surface area contributed by atoms with Crippen LogP contribution in [0.2, 0.25) is 15.2 Å². The van der Waals surface area contributed by atoms with E-state index in [1.165, 1.54) is 24.3 Å². The molecule has 0 saturated heterocycles. The lowest BCUT2D eigenvalue weighted by atomic mass is 10.3. The molecule has 5 nitrogen and oxygen atoms in total. The quantitative estimate of drug-likeness (QED) is 0.389. The van der Waals surface area contributed by atoms with E-state index in [4.69, 9.17) is 39.5 Å². The van der Waals surface area contributed by atoms with Crippen LogP contribution in [-0.4, -0.2) is 9.91 Å². The van der Waals surface area contributed by atoms with E-state index in [0.29, 0.717) is 0 Å². The summed E-state index contributed by atoms with van der Waals surface area (Å²) in [5, 5.41) is 11.2. The standard InChI is InChI=1S/C11H4BrCl3N2O3/c12-9-7(17(18)19)2-1-3-8(9)20-11-6(14)4-5(13)10(15)16-11/h1-4H. The Hall–Kier alpha value is -1.08. The van der Waals surface area contributed by atoms with Gasteiger partial charge in [0.15, 0.2) is 10.9 Å². The number of halogens is 4. The van der Waals surface area contributed by atoms with Crippen molar-refractivity contribution < 1.29 is 9.66 Å². The van der Waals surface area contributed by atoms with Crippen LogP contribution >= 0.6 is 50.7 Å². The minimum absolute atomic E-state index is 0.00210. The van der Waals surface area contributed by atoms with Crippen LogP contribution in [0.1, 0.15) is 0 Å². The Labute approximate surface area is 136 Å². The van der Waals surface area contributed by atoms with Crippen molar-refractivity contribution in [3.63, 3.8) is 0 Å². The van der Waals surface area contributed by atoms with E-state index in [9.17, 15) is 10.1 Å². The van der Waals surface area contributed by atoms with Crippen LogP contribution < -0.4 is 4.74 Å². The molecular formula is C11H4BrCl3N2O3. The van der Waals surface area contributed by atoms with Gasteiger partial charge in [-0.25, -0.2) is 0 Å². The molecule has 0 amide bonds. The lowest BCUT2D eigenvalue weighted by molar-refractivity contribution is -0.385. The molecular weight excluding hydrogens is 394 g/mol. The molecule has 0 aliphatic heterocycles. The van der Waals surface area contributed by atoms with E-state index >= 15 is 0 Å². The van der Waals surface area contributed by atoms with Gasteiger partial charge in [0.2, 0.25) is 5.88 Å². The van der Waals surface area contributed by atoms with Gasteiger partial charge in [0.25, 0.3) is 5.69 Å². The lowest BCUT2D eigenvalue weighted by Crippen LogP contribution is -1.94. The second-order valence-corrected chi connectivity index (χ2v) is 5.46. The van der Waals surface area contributed by atoms with Crippen molar-refractivity contribution >= 4 is 56.4 Å². The third-order valence-corrected chi connectivity index (χ3v) is 3.94. The third kappa shape index (κ3) is 3.15. The molecule has 2 rings (SSSR count). The normalized spacial score (nSPS) is 10.4. The van der Waals surface area contributed by atoms with Crippen LogP contribution in [0, 0.1) is 10.1 Å². The van der Waals surface area contributed by atoms with Gasteiger partial charge in [-0.15, -0.1) is 0 Å². The minimum atomic E-state index is -0.541. The molecule has 0 N–H and O–H groups in total. The highest BCUT2D eigenvalue weighted by molar-refractivity contribution is 9.10. The molecule has 0 spiro atoms. The smallest absolute Gasteiger partial charge is 0.287 e. The number of hydrogen-bond acceptors (Lipinski definition) is 4. The zero-order valence-corrected chi connectivity index (χ0v) is 13.3. The summed E-state index contributed by atoms with van der Waals surface area (Å²) >= 11 is 20.6. The maximum Gasteiger partial charge on any atom is 0.287 e. The van der Waals surface area contributed by atoms with Gasteiger partial charge >= 0.3 is 0 Å². The molecule has 20 heavy (non-hydrogen) atoms. The molecule has 0 unspecified atom stereocenters. The molecule has 0 bridgehead atoms. The summed E-state index contributed by atoms with van der Waals surface area (Å²) in [6.45, 7) is 0. The second-order valence-electron chi connectivity index (χ2n) is 3.50. The number of nitrogens with zero attached hydrogens (tertiary/aromatic N) is 2. The Morgan fingerprint density at radius 1 is 1.25 bits per heavy atom. The van der Waals surface area contributed by atoms with Crippen molar-refractivity contribution in [1.29, 1.82) is 0 Å². The number of ether oxygens (including phenoxy) is 1.